The normalized spacial score (nSPS) is 23.4. The van der Waals surface area contributed by atoms with Crippen LogP contribution in [0.25, 0.3) is 10.9 Å². The molecule has 2 N–H and O–H groups in total. The number of benzene rings is 1. The smallest absolute Gasteiger partial charge is 0.137 e. The van der Waals surface area contributed by atoms with Crippen molar-refractivity contribution in [2.45, 2.75) is 25.7 Å². The molecule has 2 aromatic rings. The highest BCUT2D eigenvalue weighted by molar-refractivity contribution is 14.1. The Hall–Kier alpha value is -0.950. The van der Waals surface area contributed by atoms with Crippen LogP contribution in [0.5, 0.6) is 0 Å². The van der Waals surface area contributed by atoms with Crippen molar-refractivity contribution >= 4 is 39.3 Å². The average Bonchev–Trinajstić information content (AvgIpc) is 2.51. The molecule has 0 amide bonds. The summed E-state index contributed by atoms with van der Waals surface area (Å²) in [6.45, 7) is 3.32. The fourth-order valence-electron chi connectivity index (χ4n) is 4.00. The highest BCUT2D eigenvalue weighted by Crippen LogP contribution is 2.50. The van der Waals surface area contributed by atoms with E-state index in [1.807, 2.05) is 0 Å². The molecule has 1 aliphatic carbocycles. The molecular formula is C17H21IN4. The zero-order valence-corrected chi connectivity index (χ0v) is 14.8. The van der Waals surface area contributed by atoms with Crippen molar-refractivity contribution in [2.75, 3.05) is 25.0 Å². The van der Waals surface area contributed by atoms with Gasteiger partial charge in [-0.15, -0.1) is 0 Å². The zero-order valence-electron chi connectivity index (χ0n) is 12.6. The van der Waals surface area contributed by atoms with Gasteiger partial charge in [0.25, 0.3) is 0 Å². The third kappa shape index (κ3) is 2.58. The molecule has 2 heterocycles. The van der Waals surface area contributed by atoms with Gasteiger partial charge in [-0.3, -0.25) is 0 Å². The third-order valence-corrected chi connectivity index (χ3v) is 6.19. The molecule has 1 aromatic heterocycles. The molecule has 4 rings (SSSR count). The number of halogens is 1. The molecule has 1 aliphatic heterocycles. The van der Waals surface area contributed by atoms with Gasteiger partial charge in [0.1, 0.15) is 12.1 Å². The van der Waals surface area contributed by atoms with Gasteiger partial charge in [-0.05, 0) is 77.9 Å². The van der Waals surface area contributed by atoms with Gasteiger partial charge in [-0.2, -0.15) is 0 Å². The summed E-state index contributed by atoms with van der Waals surface area (Å²) in [7, 11) is 0. The summed E-state index contributed by atoms with van der Waals surface area (Å²) < 4.78 is 1.22. The van der Waals surface area contributed by atoms with Crippen molar-refractivity contribution in [1.82, 2.24) is 15.3 Å². The van der Waals surface area contributed by atoms with Gasteiger partial charge in [0.05, 0.1) is 5.52 Å². The highest BCUT2D eigenvalue weighted by atomic mass is 127. The van der Waals surface area contributed by atoms with E-state index in [4.69, 9.17) is 0 Å². The fraction of sp³-hybridized carbons (Fsp3) is 0.529. The van der Waals surface area contributed by atoms with Gasteiger partial charge >= 0.3 is 0 Å². The molecule has 5 heteroatoms. The fourth-order valence-corrected chi connectivity index (χ4v) is 4.49. The van der Waals surface area contributed by atoms with E-state index in [0.29, 0.717) is 11.3 Å². The van der Waals surface area contributed by atoms with Crippen molar-refractivity contribution in [3.63, 3.8) is 0 Å². The molecule has 1 saturated carbocycles. The Morgan fingerprint density at radius 2 is 2.18 bits per heavy atom. The van der Waals surface area contributed by atoms with Crippen LogP contribution in [0.3, 0.4) is 0 Å². The Kier molecular flexibility index (Phi) is 3.94. The van der Waals surface area contributed by atoms with Gasteiger partial charge in [0.15, 0.2) is 0 Å². The second kappa shape index (κ2) is 5.92. The van der Waals surface area contributed by atoms with Crippen LogP contribution in [-0.4, -0.2) is 29.6 Å². The molecule has 0 radical (unpaired) electrons. The van der Waals surface area contributed by atoms with E-state index in [1.54, 1.807) is 6.33 Å². The standard InChI is InChI=1S/C17H21IN4/c18-13-2-3-15-14(8-13)16(22-11-21-15)20-10-12-9-19-7-6-17(12)4-1-5-17/h2-3,8,11-12,19H,1,4-7,9-10H2,(H,20,21,22). The summed E-state index contributed by atoms with van der Waals surface area (Å²) >= 11 is 2.34. The predicted octanol–water partition coefficient (Wildman–Crippen LogP) is 3.43. The van der Waals surface area contributed by atoms with E-state index in [9.17, 15) is 0 Å². The summed E-state index contributed by atoms with van der Waals surface area (Å²) in [5.74, 6) is 1.69. The maximum atomic E-state index is 4.48. The molecule has 2 aliphatic rings. The van der Waals surface area contributed by atoms with Crippen molar-refractivity contribution < 1.29 is 0 Å². The molecule has 4 nitrogen and oxygen atoms in total. The average molecular weight is 408 g/mol. The van der Waals surface area contributed by atoms with E-state index >= 15 is 0 Å². The van der Waals surface area contributed by atoms with Crippen molar-refractivity contribution in [2.24, 2.45) is 11.3 Å². The first kappa shape index (κ1) is 14.6. The third-order valence-electron chi connectivity index (χ3n) is 5.52. The first-order valence-corrected chi connectivity index (χ1v) is 9.20. The lowest BCUT2D eigenvalue weighted by atomic mass is 9.58. The first-order chi connectivity index (χ1) is 10.8. The lowest BCUT2D eigenvalue weighted by molar-refractivity contribution is 0.0242. The van der Waals surface area contributed by atoms with Gasteiger partial charge in [-0.1, -0.05) is 6.42 Å². The monoisotopic (exact) mass is 408 g/mol. The van der Waals surface area contributed by atoms with Crippen LogP contribution >= 0.6 is 22.6 Å². The predicted molar refractivity (Wildman–Crippen MR) is 98.0 cm³/mol. The number of hydrogen-bond donors (Lipinski definition) is 2. The number of fused-ring (bicyclic) bond motifs is 1. The van der Waals surface area contributed by atoms with Crippen LogP contribution in [0, 0.1) is 14.9 Å². The summed E-state index contributed by atoms with van der Waals surface area (Å²) in [6.07, 6.45) is 7.22. The van der Waals surface area contributed by atoms with Crippen LogP contribution in [0.15, 0.2) is 24.5 Å². The molecule has 1 aromatic carbocycles. The molecular weight excluding hydrogens is 387 g/mol. The molecule has 116 valence electrons. The minimum Gasteiger partial charge on any atom is -0.369 e. The lowest BCUT2D eigenvalue weighted by Gasteiger charge is -2.51. The Morgan fingerprint density at radius 1 is 1.27 bits per heavy atom. The molecule has 1 atom stereocenters. The quantitative estimate of drug-likeness (QED) is 0.765. The topological polar surface area (TPSA) is 49.8 Å². The number of anilines is 1. The van der Waals surface area contributed by atoms with E-state index in [2.05, 4.69) is 61.4 Å². The molecule has 1 saturated heterocycles. The Bertz CT molecular complexity index is 683. The van der Waals surface area contributed by atoms with Crippen LogP contribution < -0.4 is 10.6 Å². The van der Waals surface area contributed by atoms with E-state index in [1.165, 1.54) is 35.8 Å². The highest BCUT2D eigenvalue weighted by Gasteiger charge is 2.44. The van der Waals surface area contributed by atoms with E-state index in [0.717, 1.165) is 29.8 Å². The van der Waals surface area contributed by atoms with Crippen molar-refractivity contribution in [3.05, 3.63) is 28.1 Å². The summed E-state index contributed by atoms with van der Waals surface area (Å²) in [6, 6.07) is 6.32. The molecule has 2 fully saturated rings. The molecule has 1 spiro atoms. The Labute approximate surface area is 144 Å². The van der Waals surface area contributed by atoms with Crippen LogP contribution in [0.2, 0.25) is 0 Å². The summed E-state index contributed by atoms with van der Waals surface area (Å²) in [5, 5.41) is 8.31. The van der Waals surface area contributed by atoms with Crippen molar-refractivity contribution in [3.8, 4) is 0 Å². The Morgan fingerprint density at radius 3 is 3.00 bits per heavy atom. The van der Waals surface area contributed by atoms with Gasteiger partial charge in [0.2, 0.25) is 0 Å². The van der Waals surface area contributed by atoms with Crippen LogP contribution in [0.1, 0.15) is 25.7 Å². The van der Waals surface area contributed by atoms with E-state index < -0.39 is 0 Å². The number of aromatic nitrogens is 2. The largest absolute Gasteiger partial charge is 0.369 e. The van der Waals surface area contributed by atoms with Gasteiger partial charge in [-0.25, -0.2) is 9.97 Å². The number of nitrogens with zero attached hydrogens (tertiary/aromatic N) is 2. The van der Waals surface area contributed by atoms with E-state index in [-0.39, 0.29) is 0 Å². The van der Waals surface area contributed by atoms with Gasteiger partial charge < -0.3 is 10.6 Å². The minimum absolute atomic E-state index is 0.593. The summed E-state index contributed by atoms with van der Waals surface area (Å²) in [5.41, 5.74) is 1.60. The molecule has 0 bridgehead atoms. The molecule has 22 heavy (non-hydrogen) atoms. The number of piperidine rings is 1. The first-order valence-electron chi connectivity index (χ1n) is 8.12. The van der Waals surface area contributed by atoms with Crippen molar-refractivity contribution in [1.29, 1.82) is 0 Å². The van der Waals surface area contributed by atoms with Crippen LogP contribution in [-0.2, 0) is 0 Å². The number of nitrogens with one attached hydrogen (secondary N) is 2. The maximum absolute atomic E-state index is 4.48. The second-order valence-electron chi connectivity index (χ2n) is 6.63. The number of rotatable bonds is 3. The maximum Gasteiger partial charge on any atom is 0.137 e. The van der Waals surface area contributed by atoms with Gasteiger partial charge in [0, 0.05) is 22.0 Å². The SMILES string of the molecule is Ic1ccc2ncnc(NCC3CNCCC34CCC4)c2c1. The zero-order chi connectivity index (χ0) is 15.0. The second-order valence-corrected chi connectivity index (χ2v) is 7.88. The Balaban J connectivity index is 1.55. The van der Waals surface area contributed by atoms with Crippen LogP contribution in [0.4, 0.5) is 5.82 Å². The summed E-state index contributed by atoms with van der Waals surface area (Å²) in [4.78, 5) is 8.84. The minimum atomic E-state index is 0.593. The number of hydrogen-bond acceptors (Lipinski definition) is 4. The lowest BCUT2D eigenvalue weighted by Crippen LogP contribution is -2.51. The molecule has 1 unspecified atom stereocenters.